The Kier molecular flexibility index (Phi) is 4.37. The first-order chi connectivity index (χ1) is 13.4. The number of nitrogens with one attached hydrogen (secondary N) is 2. The minimum Gasteiger partial charge on any atom is -0.453 e. The Balaban J connectivity index is 1.46. The number of carbonyl (C=O) groups is 3. The van der Waals surface area contributed by atoms with Crippen molar-refractivity contribution in [2.24, 2.45) is 0 Å². The molecule has 4 rings (SSSR count). The van der Waals surface area contributed by atoms with Crippen molar-refractivity contribution in [1.29, 1.82) is 0 Å². The molecule has 2 fully saturated rings. The van der Waals surface area contributed by atoms with E-state index in [4.69, 9.17) is 4.74 Å². The van der Waals surface area contributed by atoms with Gasteiger partial charge in [-0.05, 0) is 31.9 Å². The Labute approximate surface area is 160 Å². The third-order valence-electron chi connectivity index (χ3n) is 5.31. The van der Waals surface area contributed by atoms with Crippen LogP contribution in [0.3, 0.4) is 0 Å². The quantitative estimate of drug-likeness (QED) is 0.607. The summed E-state index contributed by atoms with van der Waals surface area (Å²) in [6, 6.07) is 6.26. The van der Waals surface area contributed by atoms with E-state index >= 15 is 0 Å². The molecular formula is C19H20N4O5. The first-order valence-electron chi connectivity index (χ1n) is 9.22. The molecule has 2 aliphatic rings. The van der Waals surface area contributed by atoms with Gasteiger partial charge < -0.3 is 15.0 Å². The van der Waals surface area contributed by atoms with Crippen LogP contribution < -0.4 is 10.9 Å². The summed E-state index contributed by atoms with van der Waals surface area (Å²) in [6.45, 7) is 1.09. The normalized spacial score (nSPS) is 19.2. The molecule has 1 aromatic heterocycles. The summed E-state index contributed by atoms with van der Waals surface area (Å²) in [7, 11) is 0. The summed E-state index contributed by atoms with van der Waals surface area (Å²) in [6.07, 6.45) is 2.06. The minimum atomic E-state index is -0.867. The van der Waals surface area contributed by atoms with Gasteiger partial charge in [-0.3, -0.25) is 19.3 Å². The average molecular weight is 384 g/mol. The number of aromatic amines is 1. The summed E-state index contributed by atoms with van der Waals surface area (Å²) in [5.41, 5.74) is -0.712. The molecule has 2 N–H and O–H groups in total. The Morgan fingerprint density at radius 3 is 2.71 bits per heavy atom. The Morgan fingerprint density at radius 1 is 1.25 bits per heavy atom. The van der Waals surface area contributed by atoms with Crippen LogP contribution in [-0.2, 0) is 14.3 Å². The maximum atomic E-state index is 12.6. The molecule has 146 valence electrons. The molecule has 1 spiro atoms. The highest BCUT2D eigenvalue weighted by Gasteiger charge is 2.52. The lowest BCUT2D eigenvalue weighted by Gasteiger charge is -2.20. The second-order valence-corrected chi connectivity index (χ2v) is 7.21. The Hall–Kier alpha value is -3.23. The SMILES string of the molecule is C[C@@H](OC(=O)CN1C(=O)NC2(CCCC2)C1=O)c1nc2ccccc2c(=O)[nH]1. The Morgan fingerprint density at radius 2 is 1.96 bits per heavy atom. The fraction of sp³-hybridized carbons (Fsp3) is 0.421. The van der Waals surface area contributed by atoms with Crippen molar-refractivity contribution >= 4 is 28.8 Å². The predicted octanol–water partition coefficient (Wildman–Crippen LogP) is 1.39. The first-order valence-corrected chi connectivity index (χ1v) is 9.22. The second kappa shape index (κ2) is 6.74. The van der Waals surface area contributed by atoms with Gasteiger partial charge in [-0.1, -0.05) is 25.0 Å². The monoisotopic (exact) mass is 384 g/mol. The zero-order chi connectivity index (χ0) is 19.9. The number of esters is 1. The highest BCUT2D eigenvalue weighted by atomic mass is 16.5. The van der Waals surface area contributed by atoms with E-state index in [2.05, 4.69) is 15.3 Å². The van der Waals surface area contributed by atoms with Gasteiger partial charge in [0.25, 0.3) is 11.5 Å². The number of ether oxygens (including phenoxy) is 1. The number of carbonyl (C=O) groups excluding carboxylic acids is 3. The maximum Gasteiger partial charge on any atom is 0.326 e. The van der Waals surface area contributed by atoms with Gasteiger partial charge in [-0.25, -0.2) is 9.78 Å². The number of benzene rings is 1. The summed E-state index contributed by atoms with van der Waals surface area (Å²) < 4.78 is 5.30. The van der Waals surface area contributed by atoms with Gasteiger partial charge in [-0.2, -0.15) is 0 Å². The lowest BCUT2D eigenvalue weighted by atomic mass is 9.98. The van der Waals surface area contributed by atoms with Gasteiger partial charge in [-0.15, -0.1) is 0 Å². The number of imide groups is 1. The number of hydrogen-bond acceptors (Lipinski definition) is 6. The van der Waals surface area contributed by atoms with Crippen LogP contribution in [0.2, 0.25) is 0 Å². The van der Waals surface area contributed by atoms with Gasteiger partial charge in [0.05, 0.1) is 10.9 Å². The van der Waals surface area contributed by atoms with E-state index in [1.54, 1.807) is 31.2 Å². The minimum absolute atomic E-state index is 0.196. The third kappa shape index (κ3) is 3.02. The van der Waals surface area contributed by atoms with Crippen molar-refractivity contribution < 1.29 is 19.1 Å². The fourth-order valence-corrected chi connectivity index (χ4v) is 3.85. The van der Waals surface area contributed by atoms with Gasteiger partial charge >= 0.3 is 12.0 Å². The van der Waals surface area contributed by atoms with Gasteiger partial charge in [0.1, 0.15) is 12.1 Å². The molecular weight excluding hydrogens is 364 g/mol. The zero-order valence-electron chi connectivity index (χ0n) is 15.4. The summed E-state index contributed by atoms with van der Waals surface area (Å²) in [4.78, 5) is 57.0. The number of H-pyrrole nitrogens is 1. The summed E-state index contributed by atoms with van der Waals surface area (Å²) in [5, 5.41) is 3.15. The molecule has 1 aromatic carbocycles. The molecule has 1 atom stereocenters. The van der Waals surface area contributed by atoms with Crippen LogP contribution in [0.15, 0.2) is 29.1 Å². The Bertz CT molecular complexity index is 1020. The van der Waals surface area contributed by atoms with Gasteiger partial charge in [0.15, 0.2) is 11.9 Å². The van der Waals surface area contributed by atoms with Crippen molar-refractivity contribution in [3.8, 4) is 0 Å². The maximum absolute atomic E-state index is 12.6. The fourth-order valence-electron chi connectivity index (χ4n) is 3.85. The molecule has 2 aromatic rings. The average Bonchev–Trinajstić information content (AvgIpc) is 3.22. The first kappa shape index (κ1) is 18.1. The number of para-hydroxylation sites is 1. The molecule has 9 nitrogen and oxygen atoms in total. The summed E-state index contributed by atoms with van der Waals surface area (Å²) >= 11 is 0. The number of rotatable bonds is 4. The topological polar surface area (TPSA) is 121 Å². The number of nitrogens with zero attached hydrogens (tertiary/aromatic N) is 2. The van der Waals surface area contributed by atoms with Gasteiger partial charge in [0, 0.05) is 0 Å². The van der Waals surface area contributed by atoms with Crippen LogP contribution in [0, 0.1) is 0 Å². The molecule has 0 radical (unpaired) electrons. The van der Waals surface area contributed by atoms with E-state index in [1.807, 2.05) is 0 Å². The lowest BCUT2D eigenvalue weighted by Crippen LogP contribution is -2.44. The van der Waals surface area contributed by atoms with Crippen LogP contribution in [0.5, 0.6) is 0 Å². The van der Waals surface area contributed by atoms with Crippen molar-refractivity contribution in [3.63, 3.8) is 0 Å². The predicted molar refractivity (Wildman–Crippen MR) is 98.3 cm³/mol. The standard InChI is InChI=1S/C19H20N4O5/c1-11(15-20-13-7-3-2-6-12(13)16(25)21-15)28-14(24)10-23-17(26)19(22-18(23)27)8-4-5-9-19/h2-3,6-7,11H,4-5,8-10H2,1H3,(H,22,27)(H,20,21,25)/t11-/m1/s1. The van der Waals surface area contributed by atoms with Crippen LogP contribution in [0.4, 0.5) is 4.79 Å². The van der Waals surface area contributed by atoms with E-state index in [-0.39, 0.29) is 17.3 Å². The molecule has 1 saturated heterocycles. The molecule has 0 bridgehead atoms. The van der Waals surface area contributed by atoms with Crippen molar-refractivity contribution in [3.05, 3.63) is 40.4 Å². The van der Waals surface area contributed by atoms with Crippen LogP contribution >= 0.6 is 0 Å². The smallest absolute Gasteiger partial charge is 0.326 e. The third-order valence-corrected chi connectivity index (χ3v) is 5.31. The van der Waals surface area contributed by atoms with Gasteiger partial charge in [0.2, 0.25) is 0 Å². The lowest BCUT2D eigenvalue weighted by molar-refractivity contribution is -0.152. The van der Waals surface area contributed by atoms with Crippen LogP contribution in [0.1, 0.15) is 44.5 Å². The molecule has 0 unspecified atom stereocenters. The zero-order valence-corrected chi connectivity index (χ0v) is 15.4. The number of fused-ring (bicyclic) bond motifs is 1. The van der Waals surface area contributed by atoms with Crippen LogP contribution in [-0.4, -0.2) is 44.9 Å². The van der Waals surface area contributed by atoms with Crippen LogP contribution in [0.25, 0.3) is 10.9 Å². The second-order valence-electron chi connectivity index (χ2n) is 7.21. The van der Waals surface area contributed by atoms with E-state index in [0.29, 0.717) is 23.7 Å². The molecule has 28 heavy (non-hydrogen) atoms. The van der Waals surface area contributed by atoms with E-state index in [1.165, 1.54) is 0 Å². The highest BCUT2D eigenvalue weighted by molar-refractivity contribution is 6.08. The molecule has 1 aliphatic carbocycles. The number of urea groups is 1. The number of hydrogen-bond donors (Lipinski definition) is 2. The van der Waals surface area contributed by atoms with Crippen molar-refractivity contribution in [2.45, 2.75) is 44.2 Å². The molecule has 1 saturated carbocycles. The molecule has 9 heteroatoms. The molecule has 1 aliphatic heterocycles. The number of amides is 3. The van der Waals surface area contributed by atoms with E-state index in [9.17, 15) is 19.2 Å². The largest absolute Gasteiger partial charge is 0.453 e. The van der Waals surface area contributed by atoms with E-state index < -0.39 is 30.2 Å². The van der Waals surface area contributed by atoms with E-state index in [0.717, 1.165) is 17.7 Å². The molecule has 3 amide bonds. The summed E-state index contributed by atoms with van der Waals surface area (Å²) in [5.74, 6) is -0.930. The van der Waals surface area contributed by atoms with Crippen molar-refractivity contribution in [1.82, 2.24) is 20.2 Å². The highest BCUT2D eigenvalue weighted by Crippen LogP contribution is 2.35. The van der Waals surface area contributed by atoms with Crippen molar-refractivity contribution in [2.75, 3.05) is 6.54 Å². The molecule has 2 heterocycles. The number of aromatic nitrogens is 2.